The fourth-order valence-electron chi connectivity index (χ4n) is 0.915. The molecule has 0 atom stereocenters. The third-order valence-corrected chi connectivity index (χ3v) is 2.53. The molecule has 0 saturated heterocycles. The van der Waals surface area contributed by atoms with Crippen LogP contribution in [0.4, 0.5) is 0 Å². The Hall–Kier alpha value is -0.740. The quantitative estimate of drug-likeness (QED) is 0.800. The van der Waals surface area contributed by atoms with Crippen LogP contribution in [-0.4, -0.2) is 20.6 Å². The second kappa shape index (κ2) is 5.22. The molecular formula is C9H11ClN2OS. The van der Waals surface area contributed by atoms with Crippen LogP contribution in [-0.2, 0) is 11.8 Å². The molecule has 1 aromatic rings. The number of rotatable bonds is 3. The van der Waals surface area contributed by atoms with Crippen LogP contribution in [0.5, 0.6) is 0 Å². The predicted molar refractivity (Wildman–Crippen MR) is 60.4 cm³/mol. The number of hydrogen-bond donors (Lipinski definition) is 0. The van der Waals surface area contributed by atoms with Crippen molar-refractivity contribution in [3.05, 3.63) is 23.0 Å². The van der Waals surface area contributed by atoms with Crippen LogP contribution in [0.15, 0.2) is 12.3 Å². The van der Waals surface area contributed by atoms with Crippen molar-refractivity contribution in [2.45, 2.75) is 6.92 Å². The molecular weight excluding hydrogens is 220 g/mol. The summed E-state index contributed by atoms with van der Waals surface area (Å²) in [4.78, 5) is 10.6. The fraction of sp³-hybridized carbons (Fsp3) is 0.333. The standard InChI is InChI=1S/C9H11ClN2OS/c1-7(13)14-5-3-4-9-8(10)6-12(2)11-9/h3-4,6H,5H2,1-2H3. The topological polar surface area (TPSA) is 34.9 Å². The molecule has 0 aromatic carbocycles. The minimum Gasteiger partial charge on any atom is -0.288 e. The van der Waals surface area contributed by atoms with Crippen LogP contribution < -0.4 is 0 Å². The van der Waals surface area contributed by atoms with E-state index < -0.39 is 0 Å². The van der Waals surface area contributed by atoms with Gasteiger partial charge in [0.25, 0.3) is 0 Å². The van der Waals surface area contributed by atoms with E-state index in [0.29, 0.717) is 10.8 Å². The Kier molecular flexibility index (Phi) is 4.22. The molecule has 0 radical (unpaired) electrons. The highest BCUT2D eigenvalue weighted by molar-refractivity contribution is 8.13. The first-order valence-electron chi connectivity index (χ1n) is 4.08. The number of thioether (sulfide) groups is 1. The minimum absolute atomic E-state index is 0.113. The van der Waals surface area contributed by atoms with Crippen molar-refractivity contribution in [1.82, 2.24) is 9.78 Å². The van der Waals surface area contributed by atoms with Crippen molar-refractivity contribution in [3.8, 4) is 0 Å². The first kappa shape index (κ1) is 11.3. The molecule has 0 saturated carbocycles. The number of hydrogen-bond acceptors (Lipinski definition) is 3. The van der Waals surface area contributed by atoms with Gasteiger partial charge in [-0.1, -0.05) is 29.4 Å². The largest absolute Gasteiger partial charge is 0.288 e. The first-order chi connectivity index (χ1) is 6.59. The summed E-state index contributed by atoms with van der Waals surface area (Å²) >= 11 is 7.14. The third kappa shape index (κ3) is 3.55. The van der Waals surface area contributed by atoms with Crippen LogP contribution in [0.1, 0.15) is 12.6 Å². The van der Waals surface area contributed by atoms with Gasteiger partial charge in [0.2, 0.25) is 0 Å². The summed E-state index contributed by atoms with van der Waals surface area (Å²) in [5.74, 6) is 0.655. The lowest BCUT2D eigenvalue weighted by molar-refractivity contribution is -0.109. The van der Waals surface area contributed by atoms with Crippen molar-refractivity contribution >= 4 is 34.6 Å². The maximum atomic E-state index is 10.6. The van der Waals surface area contributed by atoms with Gasteiger partial charge >= 0.3 is 0 Å². The first-order valence-corrected chi connectivity index (χ1v) is 5.45. The molecule has 3 nitrogen and oxygen atoms in total. The maximum Gasteiger partial charge on any atom is 0.186 e. The third-order valence-electron chi connectivity index (χ3n) is 1.47. The second-order valence-corrected chi connectivity index (χ2v) is 4.35. The molecule has 0 aliphatic rings. The van der Waals surface area contributed by atoms with Crippen LogP contribution in [0.25, 0.3) is 6.08 Å². The lowest BCUT2D eigenvalue weighted by atomic mass is 10.4. The van der Waals surface area contributed by atoms with Gasteiger partial charge in [0.05, 0.1) is 5.02 Å². The number of aryl methyl sites for hydroxylation is 1. The minimum atomic E-state index is 0.113. The smallest absolute Gasteiger partial charge is 0.186 e. The van der Waals surface area contributed by atoms with E-state index in [-0.39, 0.29) is 5.12 Å². The summed E-state index contributed by atoms with van der Waals surface area (Å²) in [6, 6.07) is 0. The number of aromatic nitrogens is 2. The predicted octanol–water partition coefficient (Wildman–Crippen LogP) is 2.37. The summed E-state index contributed by atoms with van der Waals surface area (Å²) in [5, 5.41) is 4.87. The SMILES string of the molecule is CC(=O)SCC=Cc1nn(C)cc1Cl. The van der Waals surface area contributed by atoms with Crippen LogP contribution in [0, 0.1) is 0 Å². The Bertz CT molecular complexity index is 360. The normalized spacial score (nSPS) is 11.1. The zero-order chi connectivity index (χ0) is 10.6. The van der Waals surface area contributed by atoms with E-state index in [4.69, 9.17) is 11.6 Å². The summed E-state index contributed by atoms with van der Waals surface area (Å²) in [5.41, 5.74) is 0.735. The molecule has 1 heterocycles. The zero-order valence-electron chi connectivity index (χ0n) is 8.03. The van der Waals surface area contributed by atoms with Gasteiger partial charge in [0.15, 0.2) is 5.12 Å². The monoisotopic (exact) mass is 230 g/mol. The highest BCUT2D eigenvalue weighted by Gasteiger charge is 2.00. The maximum absolute atomic E-state index is 10.6. The van der Waals surface area contributed by atoms with E-state index in [0.717, 1.165) is 5.69 Å². The number of carbonyl (C=O) groups is 1. The van der Waals surface area contributed by atoms with Gasteiger partial charge in [0, 0.05) is 25.9 Å². The molecule has 0 amide bonds. The van der Waals surface area contributed by atoms with Crippen molar-refractivity contribution in [2.75, 3.05) is 5.75 Å². The molecule has 0 fully saturated rings. The number of carbonyl (C=O) groups excluding carboxylic acids is 1. The van der Waals surface area contributed by atoms with Gasteiger partial charge in [-0.2, -0.15) is 5.10 Å². The van der Waals surface area contributed by atoms with Gasteiger partial charge in [-0.25, -0.2) is 0 Å². The number of nitrogens with zero attached hydrogens (tertiary/aromatic N) is 2. The Labute approximate surface area is 92.1 Å². The molecule has 0 aliphatic heterocycles. The van der Waals surface area contributed by atoms with Crippen molar-refractivity contribution < 1.29 is 4.79 Å². The molecule has 1 aromatic heterocycles. The lowest BCUT2D eigenvalue weighted by Crippen LogP contribution is -1.87. The average molecular weight is 231 g/mol. The lowest BCUT2D eigenvalue weighted by Gasteiger charge is -1.88. The summed E-state index contributed by atoms with van der Waals surface area (Å²) in [7, 11) is 1.81. The fourth-order valence-corrected chi connectivity index (χ4v) is 1.58. The van der Waals surface area contributed by atoms with Crippen LogP contribution >= 0.6 is 23.4 Å². The molecule has 0 aliphatic carbocycles. The Morgan fingerprint density at radius 3 is 3.00 bits per heavy atom. The van der Waals surface area contributed by atoms with E-state index in [1.807, 2.05) is 19.2 Å². The molecule has 5 heteroatoms. The molecule has 0 spiro atoms. The molecule has 14 heavy (non-hydrogen) atoms. The molecule has 0 unspecified atom stereocenters. The van der Waals surface area contributed by atoms with E-state index in [2.05, 4.69) is 5.10 Å². The number of halogens is 1. The summed E-state index contributed by atoms with van der Waals surface area (Å²) < 4.78 is 1.65. The average Bonchev–Trinajstić information content (AvgIpc) is 2.39. The van der Waals surface area contributed by atoms with E-state index in [1.165, 1.54) is 11.8 Å². The van der Waals surface area contributed by atoms with Gasteiger partial charge in [-0.15, -0.1) is 0 Å². The summed E-state index contributed by atoms with van der Waals surface area (Å²) in [6.07, 6.45) is 5.43. The van der Waals surface area contributed by atoms with Crippen LogP contribution in [0.2, 0.25) is 5.02 Å². The highest BCUT2D eigenvalue weighted by Crippen LogP contribution is 2.14. The van der Waals surface area contributed by atoms with E-state index >= 15 is 0 Å². The van der Waals surface area contributed by atoms with Crippen molar-refractivity contribution in [1.29, 1.82) is 0 Å². The van der Waals surface area contributed by atoms with E-state index in [1.54, 1.807) is 17.8 Å². The second-order valence-electron chi connectivity index (χ2n) is 2.74. The Morgan fingerprint density at radius 2 is 2.50 bits per heavy atom. The van der Waals surface area contributed by atoms with E-state index in [9.17, 15) is 4.79 Å². The highest BCUT2D eigenvalue weighted by atomic mass is 35.5. The van der Waals surface area contributed by atoms with Gasteiger partial charge < -0.3 is 0 Å². The van der Waals surface area contributed by atoms with Crippen LogP contribution in [0.3, 0.4) is 0 Å². The van der Waals surface area contributed by atoms with Gasteiger partial charge in [0.1, 0.15) is 5.69 Å². The summed E-state index contributed by atoms with van der Waals surface area (Å²) in [6.45, 7) is 1.55. The molecule has 76 valence electrons. The van der Waals surface area contributed by atoms with Crippen molar-refractivity contribution in [2.24, 2.45) is 7.05 Å². The van der Waals surface area contributed by atoms with Gasteiger partial charge in [-0.05, 0) is 6.08 Å². The Balaban J connectivity index is 2.51. The van der Waals surface area contributed by atoms with Gasteiger partial charge in [-0.3, -0.25) is 9.48 Å². The molecule has 0 bridgehead atoms. The molecule has 1 rings (SSSR count). The zero-order valence-corrected chi connectivity index (χ0v) is 9.60. The molecule has 0 N–H and O–H groups in total. The van der Waals surface area contributed by atoms with Crippen molar-refractivity contribution in [3.63, 3.8) is 0 Å². The Morgan fingerprint density at radius 1 is 1.79 bits per heavy atom.